The van der Waals surface area contributed by atoms with Crippen molar-refractivity contribution in [1.29, 1.82) is 0 Å². The molecule has 0 unspecified atom stereocenters. The third-order valence-corrected chi connectivity index (χ3v) is 3.30. The van der Waals surface area contributed by atoms with E-state index in [9.17, 15) is 9.59 Å². The second-order valence-electron chi connectivity index (χ2n) is 4.45. The van der Waals surface area contributed by atoms with Crippen LogP contribution in [0.15, 0.2) is 0 Å². The molecule has 0 aromatic heterocycles. The molecule has 0 aliphatic carbocycles. The molecule has 2 amide bonds. The number of likely N-dealkylation sites (tertiary alicyclic amines) is 1. The monoisotopic (exact) mass is 226 g/mol. The molecule has 16 heavy (non-hydrogen) atoms. The van der Waals surface area contributed by atoms with Gasteiger partial charge in [-0.2, -0.15) is 0 Å². The zero-order valence-corrected chi connectivity index (χ0v) is 10.5. The van der Waals surface area contributed by atoms with Crippen LogP contribution in [-0.4, -0.2) is 47.8 Å². The van der Waals surface area contributed by atoms with Gasteiger partial charge < -0.3 is 9.80 Å². The van der Waals surface area contributed by atoms with Crippen molar-refractivity contribution in [2.24, 2.45) is 5.92 Å². The molecule has 0 spiro atoms. The van der Waals surface area contributed by atoms with E-state index in [4.69, 9.17) is 0 Å². The number of hydrogen-bond donors (Lipinski definition) is 0. The summed E-state index contributed by atoms with van der Waals surface area (Å²) in [5, 5.41) is 0. The second-order valence-corrected chi connectivity index (χ2v) is 4.45. The van der Waals surface area contributed by atoms with Gasteiger partial charge in [-0.05, 0) is 32.6 Å². The molecule has 0 radical (unpaired) electrons. The summed E-state index contributed by atoms with van der Waals surface area (Å²) in [6, 6.07) is 0. The summed E-state index contributed by atoms with van der Waals surface area (Å²) in [5.74, 6) is 0.00255. The van der Waals surface area contributed by atoms with E-state index in [1.54, 1.807) is 9.80 Å². The molecule has 0 atom stereocenters. The van der Waals surface area contributed by atoms with Crippen molar-refractivity contribution in [3.63, 3.8) is 0 Å². The van der Waals surface area contributed by atoms with Crippen LogP contribution in [0, 0.1) is 5.92 Å². The van der Waals surface area contributed by atoms with E-state index in [0.717, 1.165) is 25.9 Å². The predicted molar refractivity (Wildman–Crippen MR) is 62.9 cm³/mol. The molecule has 1 fully saturated rings. The van der Waals surface area contributed by atoms with Crippen LogP contribution in [0.25, 0.3) is 0 Å². The van der Waals surface area contributed by atoms with Crippen LogP contribution in [0.2, 0.25) is 0 Å². The second kappa shape index (κ2) is 5.87. The molecule has 0 N–H and O–H groups in total. The number of piperidine rings is 1. The Morgan fingerprint density at radius 1 is 1.19 bits per heavy atom. The molecule has 1 aliphatic heterocycles. The molecule has 1 rings (SSSR count). The van der Waals surface area contributed by atoms with Crippen molar-refractivity contribution in [3.8, 4) is 0 Å². The minimum absolute atomic E-state index is 0.324. The first kappa shape index (κ1) is 13.0. The molecular weight excluding hydrogens is 204 g/mol. The van der Waals surface area contributed by atoms with Crippen LogP contribution in [0.5, 0.6) is 0 Å². The Hall–Kier alpha value is -1.06. The van der Waals surface area contributed by atoms with Crippen LogP contribution in [0.4, 0.5) is 0 Å². The Labute approximate surface area is 97.6 Å². The number of likely N-dealkylation sites (N-methyl/N-ethyl adjacent to an activating group) is 1. The van der Waals surface area contributed by atoms with Crippen molar-refractivity contribution in [2.45, 2.75) is 33.6 Å². The van der Waals surface area contributed by atoms with E-state index in [-0.39, 0.29) is 11.8 Å². The maximum atomic E-state index is 11.9. The summed E-state index contributed by atoms with van der Waals surface area (Å²) in [4.78, 5) is 27.0. The Bertz CT molecular complexity index is 254. The van der Waals surface area contributed by atoms with Crippen molar-refractivity contribution in [3.05, 3.63) is 0 Å². The quantitative estimate of drug-likeness (QED) is 0.662. The fourth-order valence-corrected chi connectivity index (χ4v) is 1.99. The van der Waals surface area contributed by atoms with Gasteiger partial charge in [0, 0.05) is 26.2 Å². The molecule has 0 aromatic carbocycles. The maximum Gasteiger partial charge on any atom is 0.312 e. The Balaban J connectivity index is 2.53. The van der Waals surface area contributed by atoms with E-state index in [1.807, 2.05) is 13.8 Å². The van der Waals surface area contributed by atoms with E-state index in [2.05, 4.69) is 6.92 Å². The normalized spacial score (nSPS) is 17.3. The number of rotatable bonds is 2. The molecule has 0 aromatic rings. The van der Waals surface area contributed by atoms with Crippen molar-refractivity contribution >= 4 is 11.8 Å². The SMILES string of the molecule is CCN(CC)C(=O)C(=O)N1CCC(C)CC1. The van der Waals surface area contributed by atoms with Crippen LogP contribution < -0.4 is 0 Å². The molecule has 0 saturated carbocycles. The first-order valence-corrected chi connectivity index (χ1v) is 6.18. The lowest BCUT2D eigenvalue weighted by molar-refractivity contribution is -0.152. The molecule has 4 heteroatoms. The highest BCUT2D eigenvalue weighted by atomic mass is 16.2. The topological polar surface area (TPSA) is 40.6 Å². The zero-order chi connectivity index (χ0) is 12.1. The standard InChI is InChI=1S/C12H22N2O2/c1-4-13(5-2)11(15)12(16)14-8-6-10(3)7-9-14/h10H,4-9H2,1-3H3. The van der Waals surface area contributed by atoms with E-state index in [0.29, 0.717) is 19.0 Å². The van der Waals surface area contributed by atoms with Crippen molar-refractivity contribution < 1.29 is 9.59 Å². The van der Waals surface area contributed by atoms with Gasteiger partial charge in [-0.15, -0.1) is 0 Å². The first-order valence-electron chi connectivity index (χ1n) is 6.18. The summed E-state index contributed by atoms with van der Waals surface area (Å²) in [6.45, 7) is 8.64. The smallest absolute Gasteiger partial charge is 0.312 e. The molecule has 1 aliphatic rings. The Morgan fingerprint density at radius 2 is 1.69 bits per heavy atom. The first-order chi connectivity index (χ1) is 7.60. The van der Waals surface area contributed by atoms with Gasteiger partial charge in [-0.1, -0.05) is 6.92 Å². The van der Waals surface area contributed by atoms with Crippen molar-refractivity contribution in [2.75, 3.05) is 26.2 Å². The van der Waals surface area contributed by atoms with Gasteiger partial charge in [0.25, 0.3) is 0 Å². The number of amides is 2. The van der Waals surface area contributed by atoms with Gasteiger partial charge in [0.15, 0.2) is 0 Å². The van der Waals surface area contributed by atoms with Crippen LogP contribution >= 0.6 is 0 Å². The van der Waals surface area contributed by atoms with Crippen molar-refractivity contribution in [1.82, 2.24) is 9.80 Å². The van der Waals surface area contributed by atoms with Gasteiger partial charge in [-0.3, -0.25) is 9.59 Å². The van der Waals surface area contributed by atoms with E-state index < -0.39 is 0 Å². The average molecular weight is 226 g/mol. The lowest BCUT2D eigenvalue weighted by Crippen LogP contribution is -2.47. The van der Waals surface area contributed by atoms with Crippen LogP contribution in [0.3, 0.4) is 0 Å². The summed E-state index contributed by atoms with van der Waals surface area (Å²) in [7, 11) is 0. The fraction of sp³-hybridized carbons (Fsp3) is 0.833. The molecule has 1 saturated heterocycles. The number of carbonyl (C=O) groups excluding carboxylic acids is 2. The number of carbonyl (C=O) groups is 2. The Morgan fingerprint density at radius 3 is 2.12 bits per heavy atom. The molecule has 1 heterocycles. The Kier molecular flexibility index (Phi) is 4.77. The minimum Gasteiger partial charge on any atom is -0.335 e. The molecule has 4 nitrogen and oxygen atoms in total. The van der Waals surface area contributed by atoms with Crippen LogP contribution in [-0.2, 0) is 9.59 Å². The molecule has 92 valence electrons. The summed E-state index contributed by atoms with van der Waals surface area (Å²) >= 11 is 0. The maximum absolute atomic E-state index is 11.9. The largest absolute Gasteiger partial charge is 0.335 e. The molecule has 0 bridgehead atoms. The fourth-order valence-electron chi connectivity index (χ4n) is 1.99. The third kappa shape index (κ3) is 2.97. The predicted octanol–water partition coefficient (Wildman–Crippen LogP) is 1.11. The van der Waals surface area contributed by atoms with Gasteiger partial charge in [0.1, 0.15) is 0 Å². The lowest BCUT2D eigenvalue weighted by Gasteiger charge is -2.31. The van der Waals surface area contributed by atoms with Gasteiger partial charge in [0.2, 0.25) is 0 Å². The van der Waals surface area contributed by atoms with Gasteiger partial charge in [-0.25, -0.2) is 0 Å². The van der Waals surface area contributed by atoms with Gasteiger partial charge in [0.05, 0.1) is 0 Å². The zero-order valence-electron chi connectivity index (χ0n) is 10.5. The van der Waals surface area contributed by atoms with Gasteiger partial charge >= 0.3 is 11.8 Å². The molecular formula is C12H22N2O2. The van der Waals surface area contributed by atoms with E-state index >= 15 is 0 Å². The highest BCUT2D eigenvalue weighted by molar-refractivity contribution is 6.34. The minimum atomic E-state index is -0.348. The lowest BCUT2D eigenvalue weighted by atomic mass is 9.99. The summed E-state index contributed by atoms with van der Waals surface area (Å²) < 4.78 is 0. The average Bonchev–Trinajstić information content (AvgIpc) is 2.30. The van der Waals surface area contributed by atoms with Crippen LogP contribution in [0.1, 0.15) is 33.6 Å². The third-order valence-electron chi connectivity index (χ3n) is 3.30. The summed E-state index contributed by atoms with van der Waals surface area (Å²) in [6.07, 6.45) is 2.02. The summed E-state index contributed by atoms with van der Waals surface area (Å²) in [5.41, 5.74) is 0. The highest BCUT2D eigenvalue weighted by Crippen LogP contribution is 2.16. The number of nitrogens with zero attached hydrogens (tertiary/aromatic N) is 2. The number of hydrogen-bond acceptors (Lipinski definition) is 2. The highest BCUT2D eigenvalue weighted by Gasteiger charge is 2.27. The van der Waals surface area contributed by atoms with E-state index in [1.165, 1.54) is 0 Å².